The fraction of sp³-hybridized carbons (Fsp3) is 1.00. The molecule has 1 rings (SSSR count). The number of hydrogen-bond donors (Lipinski definition) is 1. The fourth-order valence-electron chi connectivity index (χ4n) is 1.99. The Balaban J connectivity index is 2.77. The van der Waals surface area contributed by atoms with Crippen molar-refractivity contribution in [2.24, 2.45) is 5.73 Å². The van der Waals surface area contributed by atoms with E-state index in [1.54, 1.807) is 13.8 Å². The van der Waals surface area contributed by atoms with E-state index in [9.17, 15) is 13.2 Å². The summed E-state index contributed by atoms with van der Waals surface area (Å²) in [6, 6.07) is -2.19. The lowest BCUT2D eigenvalue weighted by Crippen LogP contribution is -2.56. The van der Waals surface area contributed by atoms with Crippen molar-refractivity contribution < 1.29 is 13.2 Å². The molecule has 0 bridgehead atoms. The summed E-state index contributed by atoms with van der Waals surface area (Å²) in [5, 5.41) is 0. The minimum absolute atomic E-state index is 0.0965. The van der Waals surface area contributed by atoms with E-state index < -0.39 is 18.3 Å². The lowest BCUT2D eigenvalue weighted by molar-refractivity contribution is -0.190. The molecule has 0 amide bonds. The van der Waals surface area contributed by atoms with Gasteiger partial charge >= 0.3 is 6.18 Å². The molecule has 0 spiro atoms. The molecule has 1 fully saturated rings. The molecule has 0 aromatic rings. The van der Waals surface area contributed by atoms with Crippen molar-refractivity contribution in [1.29, 1.82) is 0 Å². The van der Waals surface area contributed by atoms with Gasteiger partial charge in [-0.15, -0.1) is 0 Å². The zero-order chi connectivity index (χ0) is 11.6. The Hall–Kier alpha value is -0.290. The molecule has 0 aromatic carbocycles. The van der Waals surface area contributed by atoms with Crippen LogP contribution in [0.1, 0.15) is 33.1 Å². The van der Waals surface area contributed by atoms with Crippen molar-refractivity contribution in [2.75, 3.05) is 6.54 Å². The van der Waals surface area contributed by atoms with Crippen molar-refractivity contribution in [3.8, 4) is 0 Å². The first kappa shape index (κ1) is 12.8. The molecule has 0 aliphatic heterocycles. The predicted octanol–water partition coefficient (Wildman–Crippen LogP) is 2.14. The van der Waals surface area contributed by atoms with Gasteiger partial charge in [-0.25, -0.2) is 0 Å². The van der Waals surface area contributed by atoms with Crippen molar-refractivity contribution in [1.82, 2.24) is 4.90 Å². The van der Waals surface area contributed by atoms with E-state index >= 15 is 0 Å². The summed E-state index contributed by atoms with van der Waals surface area (Å²) in [4.78, 5) is 1.51. The van der Waals surface area contributed by atoms with Gasteiger partial charge in [0.05, 0.1) is 0 Å². The van der Waals surface area contributed by atoms with E-state index in [0.29, 0.717) is 13.0 Å². The standard InChI is InChI=1S/C10H19F3N2/c1-3-8(14)9(10(11,12)13)15(4-2)7-5-6-7/h7-9H,3-6,14H2,1-2H3. The van der Waals surface area contributed by atoms with E-state index in [4.69, 9.17) is 5.73 Å². The maximum Gasteiger partial charge on any atom is 0.405 e. The first-order chi connectivity index (χ1) is 6.91. The first-order valence-corrected chi connectivity index (χ1v) is 5.49. The highest BCUT2D eigenvalue weighted by molar-refractivity contribution is 4.95. The van der Waals surface area contributed by atoms with Crippen LogP contribution in [0, 0.1) is 0 Å². The van der Waals surface area contributed by atoms with E-state index in [1.165, 1.54) is 4.90 Å². The maximum absolute atomic E-state index is 12.9. The van der Waals surface area contributed by atoms with Crippen LogP contribution in [-0.4, -0.2) is 35.7 Å². The lowest BCUT2D eigenvalue weighted by atomic mass is 10.0. The Morgan fingerprint density at radius 1 is 1.33 bits per heavy atom. The smallest absolute Gasteiger partial charge is 0.326 e. The monoisotopic (exact) mass is 224 g/mol. The third-order valence-electron chi connectivity index (χ3n) is 2.95. The summed E-state index contributed by atoms with van der Waals surface area (Å²) in [6.07, 6.45) is -2.12. The molecule has 2 atom stereocenters. The Labute approximate surface area is 88.6 Å². The molecule has 0 heterocycles. The van der Waals surface area contributed by atoms with Crippen LogP contribution in [-0.2, 0) is 0 Å². The molecule has 2 unspecified atom stereocenters. The largest absolute Gasteiger partial charge is 0.405 e. The number of likely N-dealkylation sites (N-methyl/N-ethyl adjacent to an activating group) is 1. The SMILES string of the molecule is CCC(N)C(N(CC)C1CC1)C(F)(F)F. The van der Waals surface area contributed by atoms with Gasteiger partial charge in [-0.05, 0) is 25.8 Å². The highest BCUT2D eigenvalue weighted by Gasteiger charge is 2.49. The van der Waals surface area contributed by atoms with Gasteiger partial charge < -0.3 is 5.73 Å². The summed E-state index contributed by atoms with van der Waals surface area (Å²) < 4.78 is 38.6. The molecule has 0 radical (unpaired) electrons. The minimum Gasteiger partial charge on any atom is -0.326 e. The number of halogens is 3. The van der Waals surface area contributed by atoms with Crippen LogP contribution in [0.4, 0.5) is 13.2 Å². The summed E-state index contributed by atoms with van der Waals surface area (Å²) in [7, 11) is 0. The van der Waals surface area contributed by atoms with Gasteiger partial charge in [0.2, 0.25) is 0 Å². The van der Waals surface area contributed by atoms with Crippen LogP contribution >= 0.6 is 0 Å². The summed E-state index contributed by atoms with van der Waals surface area (Å²) in [5.74, 6) is 0. The molecule has 2 N–H and O–H groups in total. The Bertz CT molecular complexity index is 201. The Morgan fingerprint density at radius 2 is 1.87 bits per heavy atom. The Kier molecular flexibility index (Phi) is 4.00. The molecular formula is C10H19F3N2. The quantitative estimate of drug-likeness (QED) is 0.775. The topological polar surface area (TPSA) is 29.3 Å². The minimum atomic E-state index is -4.21. The zero-order valence-electron chi connectivity index (χ0n) is 9.22. The Morgan fingerprint density at radius 3 is 2.13 bits per heavy atom. The van der Waals surface area contributed by atoms with Gasteiger partial charge in [-0.2, -0.15) is 13.2 Å². The van der Waals surface area contributed by atoms with Crippen LogP contribution in [0.3, 0.4) is 0 Å². The summed E-state index contributed by atoms with van der Waals surface area (Å²) >= 11 is 0. The van der Waals surface area contributed by atoms with Gasteiger partial charge in [-0.3, -0.25) is 4.90 Å². The van der Waals surface area contributed by atoms with Crippen molar-refractivity contribution >= 4 is 0 Å². The second-order valence-corrected chi connectivity index (χ2v) is 4.12. The normalized spacial score (nSPS) is 21.8. The number of nitrogens with two attached hydrogens (primary N) is 1. The second-order valence-electron chi connectivity index (χ2n) is 4.12. The number of alkyl halides is 3. The van der Waals surface area contributed by atoms with Gasteiger partial charge in [-0.1, -0.05) is 13.8 Å². The van der Waals surface area contributed by atoms with Crippen molar-refractivity contribution in [2.45, 2.75) is 57.4 Å². The lowest BCUT2D eigenvalue weighted by Gasteiger charge is -2.35. The summed E-state index contributed by atoms with van der Waals surface area (Å²) in [6.45, 7) is 3.88. The number of rotatable bonds is 5. The highest BCUT2D eigenvalue weighted by Crippen LogP contribution is 2.35. The molecule has 0 aromatic heterocycles. The van der Waals surface area contributed by atoms with Crippen LogP contribution in [0.25, 0.3) is 0 Å². The summed E-state index contributed by atoms with van der Waals surface area (Å²) in [5.41, 5.74) is 5.58. The second kappa shape index (κ2) is 4.70. The van der Waals surface area contributed by atoms with E-state index in [2.05, 4.69) is 0 Å². The molecule has 1 saturated carbocycles. The molecule has 0 saturated heterocycles. The van der Waals surface area contributed by atoms with Crippen LogP contribution in [0.15, 0.2) is 0 Å². The van der Waals surface area contributed by atoms with Crippen molar-refractivity contribution in [3.63, 3.8) is 0 Å². The van der Waals surface area contributed by atoms with Gasteiger partial charge in [0.25, 0.3) is 0 Å². The average molecular weight is 224 g/mol. The molecule has 1 aliphatic carbocycles. The zero-order valence-corrected chi connectivity index (χ0v) is 9.22. The molecule has 5 heteroatoms. The van der Waals surface area contributed by atoms with Crippen LogP contribution in [0.5, 0.6) is 0 Å². The molecular weight excluding hydrogens is 205 g/mol. The maximum atomic E-state index is 12.9. The average Bonchev–Trinajstić information content (AvgIpc) is 2.94. The molecule has 2 nitrogen and oxygen atoms in total. The van der Waals surface area contributed by atoms with E-state index in [0.717, 1.165) is 12.8 Å². The fourth-order valence-corrected chi connectivity index (χ4v) is 1.99. The van der Waals surface area contributed by atoms with Crippen molar-refractivity contribution in [3.05, 3.63) is 0 Å². The third kappa shape index (κ3) is 3.08. The third-order valence-corrected chi connectivity index (χ3v) is 2.95. The molecule has 15 heavy (non-hydrogen) atoms. The number of nitrogens with zero attached hydrogens (tertiary/aromatic N) is 1. The predicted molar refractivity (Wildman–Crippen MR) is 53.5 cm³/mol. The van der Waals surface area contributed by atoms with E-state index in [-0.39, 0.29) is 6.04 Å². The van der Waals surface area contributed by atoms with Crippen LogP contribution < -0.4 is 5.73 Å². The molecule has 1 aliphatic rings. The highest BCUT2D eigenvalue weighted by atomic mass is 19.4. The van der Waals surface area contributed by atoms with Gasteiger partial charge in [0.15, 0.2) is 0 Å². The van der Waals surface area contributed by atoms with Gasteiger partial charge in [0, 0.05) is 12.1 Å². The van der Waals surface area contributed by atoms with E-state index in [1.807, 2.05) is 0 Å². The van der Waals surface area contributed by atoms with Crippen LogP contribution in [0.2, 0.25) is 0 Å². The number of hydrogen-bond acceptors (Lipinski definition) is 2. The van der Waals surface area contributed by atoms with Gasteiger partial charge in [0.1, 0.15) is 6.04 Å². The first-order valence-electron chi connectivity index (χ1n) is 5.49. The molecule has 90 valence electrons.